The number of unbranched alkanes of at least 4 members (excludes halogenated alkanes) is 1. The van der Waals surface area contributed by atoms with Crippen LogP contribution in [0.2, 0.25) is 0 Å². The summed E-state index contributed by atoms with van der Waals surface area (Å²) in [7, 11) is 0. The minimum absolute atomic E-state index is 0.340. The van der Waals surface area contributed by atoms with Crippen LogP contribution >= 0.6 is 11.3 Å². The van der Waals surface area contributed by atoms with Crippen molar-refractivity contribution in [3.05, 3.63) is 21.4 Å². The average molecular weight is 212 g/mol. The van der Waals surface area contributed by atoms with Gasteiger partial charge in [0.15, 0.2) is 0 Å². The number of aryl methyl sites for hydroxylation is 2. The first-order chi connectivity index (χ1) is 6.69. The van der Waals surface area contributed by atoms with Gasteiger partial charge in [-0.3, -0.25) is 11.3 Å². The van der Waals surface area contributed by atoms with Crippen molar-refractivity contribution in [1.29, 1.82) is 0 Å². The van der Waals surface area contributed by atoms with Gasteiger partial charge < -0.3 is 0 Å². The van der Waals surface area contributed by atoms with Crippen LogP contribution in [-0.2, 0) is 0 Å². The number of hydrogen-bond donors (Lipinski definition) is 2. The molecule has 0 amide bonds. The molecule has 1 rings (SSSR count). The Labute approximate surface area is 90.5 Å². The van der Waals surface area contributed by atoms with Crippen molar-refractivity contribution >= 4 is 11.3 Å². The lowest BCUT2D eigenvalue weighted by Crippen LogP contribution is -2.27. The number of thiophene rings is 1. The normalized spacial score (nSPS) is 13.1. The molecule has 0 saturated heterocycles. The maximum Gasteiger partial charge on any atom is 0.0553 e. The Kier molecular flexibility index (Phi) is 4.58. The standard InChI is InChI=1S/C11H20N2S/c1-4-5-6-10(13-12)11-7-8(2)9(3)14-11/h7,10,13H,4-6,12H2,1-3H3. The number of nitrogens with one attached hydrogen (secondary N) is 1. The summed E-state index contributed by atoms with van der Waals surface area (Å²) in [5.41, 5.74) is 4.28. The molecule has 0 radical (unpaired) electrons. The van der Waals surface area contributed by atoms with Crippen LogP contribution in [0.5, 0.6) is 0 Å². The summed E-state index contributed by atoms with van der Waals surface area (Å²) < 4.78 is 0. The third-order valence-electron chi connectivity index (χ3n) is 2.58. The molecule has 0 saturated carbocycles. The predicted molar refractivity (Wildman–Crippen MR) is 63.4 cm³/mol. The predicted octanol–water partition coefficient (Wildman–Crippen LogP) is 3.06. The number of hydrazine groups is 1. The second-order valence-electron chi connectivity index (χ2n) is 3.75. The van der Waals surface area contributed by atoms with E-state index in [2.05, 4.69) is 32.3 Å². The molecule has 1 aromatic rings. The smallest absolute Gasteiger partial charge is 0.0553 e. The van der Waals surface area contributed by atoms with E-state index in [1.54, 1.807) is 0 Å². The SMILES string of the molecule is CCCCC(NN)c1cc(C)c(C)s1. The third-order valence-corrected chi connectivity index (χ3v) is 3.84. The monoisotopic (exact) mass is 212 g/mol. The Hall–Kier alpha value is -0.380. The molecule has 0 fully saturated rings. The van der Waals surface area contributed by atoms with Gasteiger partial charge in [-0.25, -0.2) is 0 Å². The molecule has 0 aliphatic rings. The second-order valence-corrected chi connectivity index (χ2v) is 5.04. The topological polar surface area (TPSA) is 38.0 Å². The lowest BCUT2D eigenvalue weighted by atomic mass is 10.1. The fourth-order valence-corrected chi connectivity index (χ4v) is 2.63. The molecule has 1 unspecified atom stereocenters. The average Bonchev–Trinajstić information content (AvgIpc) is 2.48. The molecule has 0 spiro atoms. The quantitative estimate of drug-likeness (QED) is 0.581. The fraction of sp³-hybridized carbons (Fsp3) is 0.636. The molecule has 3 heteroatoms. The zero-order chi connectivity index (χ0) is 10.6. The number of hydrogen-bond acceptors (Lipinski definition) is 3. The molecule has 0 aliphatic heterocycles. The molecule has 3 N–H and O–H groups in total. The summed E-state index contributed by atoms with van der Waals surface area (Å²) in [5.74, 6) is 5.56. The fourth-order valence-electron chi connectivity index (χ4n) is 1.49. The second kappa shape index (κ2) is 5.49. The highest BCUT2D eigenvalue weighted by Crippen LogP contribution is 2.28. The maximum absolute atomic E-state index is 5.56. The first-order valence-electron chi connectivity index (χ1n) is 5.22. The van der Waals surface area contributed by atoms with E-state index in [9.17, 15) is 0 Å². The molecule has 2 nitrogen and oxygen atoms in total. The number of nitrogens with two attached hydrogens (primary N) is 1. The van der Waals surface area contributed by atoms with Gasteiger partial charge in [0, 0.05) is 9.75 Å². The van der Waals surface area contributed by atoms with Crippen molar-refractivity contribution < 1.29 is 0 Å². The summed E-state index contributed by atoms with van der Waals surface area (Å²) >= 11 is 1.85. The molecule has 1 aromatic heterocycles. The molecule has 14 heavy (non-hydrogen) atoms. The summed E-state index contributed by atoms with van der Waals surface area (Å²) in [6.45, 7) is 6.53. The van der Waals surface area contributed by atoms with Crippen molar-refractivity contribution in [3.8, 4) is 0 Å². The summed E-state index contributed by atoms with van der Waals surface area (Å²) in [5, 5.41) is 0. The highest BCUT2D eigenvalue weighted by Gasteiger charge is 2.12. The van der Waals surface area contributed by atoms with Gasteiger partial charge in [-0.05, 0) is 31.9 Å². The maximum atomic E-state index is 5.56. The first-order valence-corrected chi connectivity index (χ1v) is 6.03. The van der Waals surface area contributed by atoms with Crippen LogP contribution < -0.4 is 11.3 Å². The molecule has 80 valence electrons. The van der Waals surface area contributed by atoms with Crippen LogP contribution in [0.4, 0.5) is 0 Å². The van der Waals surface area contributed by atoms with E-state index in [1.165, 1.54) is 28.2 Å². The lowest BCUT2D eigenvalue weighted by molar-refractivity contribution is 0.502. The largest absolute Gasteiger partial charge is 0.271 e. The molecular formula is C11H20N2S. The highest BCUT2D eigenvalue weighted by atomic mass is 32.1. The van der Waals surface area contributed by atoms with Crippen LogP contribution in [0.25, 0.3) is 0 Å². The Morgan fingerprint density at radius 3 is 2.64 bits per heavy atom. The first kappa shape index (κ1) is 11.7. The summed E-state index contributed by atoms with van der Waals surface area (Å²) in [4.78, 5) is 2.77. The van der Waals surface area contributed by atoms with Crippen molar-refractivity contribution in [2.24, 2.45) is 5.84 Å². The molecule has 0 aliphatic carbocycles. The highest BCUT2D eigenvalue weighted by molar-refractivity contribution is 7.12. The Morgan fingerprint density at radius 2 is 2.21 bits per heavy atom. The van der Waals surface area contributed by atoms with Gasteiger partial charge in [0.2, 0.25) is 0 Å². The van der Waals surface area contributed by atoms with E-state index >= 15 is 0 Å². The van der Waals surface area contributed by atoms with Gasteiger partial charge in [-0.1, -0.05) is 19.8 Å². The third kappa shape index (κ3) is 2.80. The van der Waals surface area contributed by atoms with Crippen molar-refractivity contribution in [3.63, 3.8) is 0 Å². The van der Waals surface area contributed by atoms with Gasteiger partial charge in [-0.2, -0.15) is 0 Å². The van der Waals surface area contributed by atoms with E-state index in [1.807, 2.05) is 11.3 Å². The zero-order valence-electron chi connectivity index (χ0n) is 9.26. The Balaban J connectivity index is 2.68. The summed E-state index contributed by atoms with van der Waals surface area (Å²) in [6.07, 6.45) is 3.58. The minimum atomic E-state index is 0.340. The molecule has 0 aromatic carbocycles. The Morgan fingerprint density at radius 1 is 1.50 bits per heavy atom. The van der Waals surface area contributed by atoms with Crippen molar-refractivity contribution in [2.45, 2.75) is 46.1 Å². The zero-order valence-corrected chi connectivity index (χ0v) is 10.1. The molecule has 1 atom stereocenters. The number of rotatable bonds is 5. The Bertz CT molecular complexity index is 261. The molecular weight excluding hydrogens is 192 g/mol. The molecule has 1 heterocycles. The molecule has 0 bridgehead atoms. The van der Waals surface area contributed by atoms with Crippen molar-refractivity contribution in [2.75, 3.05) is 0 Å². The van der Waals surface area contributed by atoms with E-state index in [0.29, 0.717) is 6.04 Å². The van der Waals surface area contributed by atoms with Crippen LogP contribution in [-0.4, -0.2) is 0 Å². The lowest BCUT2D eigenvalue weighted by Gasteiger charge is -2.12. The minimum Gasteiger partial charge on any atom is -0.271 e. The van der Waals surface area contributed by atoms with Crippen LogP contribution in [0.3, 0.4) is 0 Å². The van der Waals surface area contributed by atoms with Crippen LogP contribution in [0, 0.1) is 13.8 Å². The van der Waals surface area contributed by atoms with Gasteiger partial charge in [-0.15, -0.1) is 11.3 Å². The van der Waals surface area contributed by atoms with Gasteiger partial charge in [0.05, 0.1) is 6.04 Å². The summed E-state index contributed by atoms with van der Waals surface area (Å²) in [6, 6.07) is 2.59. The van der Waals surface area contributed by atoms with E-state index in [4.69, 9.17) is 5.84 Å². The van der Waals surface area contributed by atoms with Gasteiger partial charge in [0.1, 0.15) is 0 Å². The van der Waals surface area contributed by atoms with E-state index in [0.717, 1.165) is 6.42 Å². The van der Waals surface area contributed by atoms with E-state index in [-0.39, 0.29) is 0 Å². The van der Waals surface area contributed by atoms with Crippen LogP contribution in [0.1, 0.15) is 47.5 Å². The van der Waals surface area contributed by atoms with Gasteiger partial charge >= 0.3 is 0 Å². The van der Waals surface area contributed by atoms with Gasteiger partial charge in [0.25, 0.3) is 0 Å². The van der Waals surface area contributed by atoms with E-state index < -0.39 is 0 Å². The van der Waals surface area contributed by atoms with Crippen LogP contribution in [0.15, 0.2) is 6.07 Å². The van der Waals surface area contributed by atoms with Crippen molar-refractivity contribution in [1.82, 2.24) is 5.43 Å².